The summed E-state index contributed by atoms with van der Waals surface area (Å²) in [5.41, 5.74) is 8.30. The van der Waals surface area contributed by atoms with Crippen molar-refractivity contribution >= 4 is 5.91 Å². The van der Waals surface area contributed by atoms with Crippen LogP contribution in [0.5, 0.6) is 0 Å². The minimum Gasteiger partial charge on any atom is -0.368 e. The summed E-state index contributed by atoms with van der Waals surface area (Å²) < 4.78 is 0. The Morgan fingerprint density at radius 1 is 1.50 bits per heavy atom. The fourth-order valence-electron chi connectivity index (χ4n) is 1.75. The summed E-state index contributed by atoms with van der Waals surface area (Å²) in [6.07, 6.45) is 4.60. The third-order valence-electron chi connectivity index (χ3n) is 2.80. The summed E-state index contributed by atoms with van der Waals surface area (Å²) >= 11 is 0. The molecule has 4 heteroatoms. The first-order valence-electron chi connectivity index (χ1n) is 5.15. The fraction of sp³-hybridized carbons (Fsp3) is 0.900. The molecule has 0 heterocycles. The van der Waals surface area contributed by atoms with Crippen LogP contribution in [0.2, 0.25) is 0 Å². The Hall–Kier alpha value is -0.610. The van der Waals surface area contributed by atoms with E-state index in [2.05, 4.69) is 19.3 Å². The van der Waals surface area contributed by atoms with E-state index >= 15 is 0 Å². The summed E-state index contributed by atoms with van der Waals surface area (Å²) in [5.74, 6) is -0.436. The first-order valence-corrected chi connectivity index (χ1v) is 5.15. The lowest BCUT2D eigenvalue weighted by Crippen LogP contribution is -2.37. The number of carbonyl (C=O) groups excluding carboxylic acids is 1. The van der Waals surface area contributed by atoms with Crippen LogP contribution in [0, 0.1) is 5.41 Å². The van der Waals surface area contributed by atoms with Crippen molar-refractivity contribution in [1.82, 2.24) is 5.48 Å². The number of amides is 1. The lowest BCUT2D eigenvalue weighted by Gasteiger charge is -2.34. The Balaban J connectivity index is 2.13. The quantitative estimate of drug-likeness (QED) is 0.664. The van der Waals surface area contributed by atoms with E-state index in [1.54, 1.807) is 0 Å². The Bertz CT molecular complexity index is 194. The minimum atomic E-state index is -0.436. The molecule has 1 amide bonds. The summed E-state index contributed by atoms with van der Waals surface area (Å²) in [6, 6.07) is 0.377. The smallest absolute Gasteiger partial charge is 0.245 e. The number of hydroxylamine groups is 1. The van der Waals surface area contributed by atoms with Gasteiger partial charge in [-0.25, -0.2) is 0 Å². The van der Waals surface area contributed by atoms with Crippen LogP contribution in [-0.2, 0) is 9.63 Å². The molecule has 0 bridgehead atoms. The van der Waals surface area contributed by atoms with Gasteiger partial charge in [-0.05, 0) is 31.1 Å². The van der Waals surface area contributed by atoms with Gasteiger partial charge >= 0.3 is 0 Å². The van der Waals surface area contributed by atoms with Gasteiger partial charge in [-0.2, -0.15) is 5.48 Å². The summed E-state index contributed by atoms with van der Waals surface area (Å²) in [4.78, 5) is 15.4. The van der Waals surface area contributed by atoms with Crippen LogP contribution in [-0.4, -0.2) is 18.6 Å². The zero-order valence-corrected chi connectivity index (χ0v) is 9.01. The van der Waals surface area contributed by atoms with Crippen molar-refractivity contribution in [3.05, 3.63) is 0 Å². The Morgan fingerprint density at radius 2 is 2.07 bits per heavy atom. The van der Waals surface area contributed by atoms with Gasteiger partial charge in [0.15, 0.2) is 0 Å². The van der Waals surface area contributed by atoms with Crippen LogP contribution in [0.1, 0.15) is 39.5 Å². The van der Waals surface area contributed by atoms with Crippen LogP contribution in [0.25, 0.3) is 0 Å². The zero-order valence-electron chi connectivity index (χ0n) is 9.01. The second kappa shape index (κ2) is 4.75. The predicted molar refractivity (Wildman–Crippen MR) is 54.3 cm³/mol. The number of carbonyl (C=O) groups is 1. The lowest BCUT2D eigenvalue weighted by molar-refractivity contribution is -0.126. The number of rotatable bonds is 4. The van der Waals surface area contributed by atoms with Crippen molar-refractivity contribution in [1.29, 1.82) is 0 Å². The molecule has 0 aromatic heterocycles. The topological polar surface area (TPSA) is 64.3 Å². The molecular weight excluding hydrogens is 180 g/mol. The van der Waals surface area contributed by atoms with Crippen molar-refractivity contribution < 1.29 is 9.63 Å². The van der Waals surface area contributed by atoms with Gasteiger partial charge in [0, 0.05) is 6.04 Å². The minimum absolute atomic E-state index is 0.0418. The van der Waals surface area contributed by atoms with Crippen LogP contribution in [0.4, 0.5) is 0 Å². The van der Waals surface area contributed by atoms with Crippen molar-refractivity contribution in [2.75, 3.05) is 6.61 Å². The summed E-state index contributed by atoms with van der Waals surface area (Å²) in [7, 11) is 0. The number of nitrogens with one attached hydrogen (secondary N) is 1. The molecule has 1 fully saturated rings. The molecule has 1 rings (SSSR count). The van der Waals surface area contributed by atoms with Crippen LogP contribution < -0.4 is 11.2 Å². The van der Waals surface area contributed by atoms with E-state index < -0.39 is 5.91 Å². The number of hydrogen-bond donors (Lipinski definition) is 2. The molecule has 0 aliphatic heterocycles. The molecule has 1 aliphatic rings. The highest BCUT2D eigenvalue weighted by atomic mass is 16.6. The molecule has 82 valence electrons. The van der Waals surface area contributed by atoms with Gasteiger partial charge < -0.3 is 5.73 Å². The SMILES string of the molecule is CC1(C)CCC(NOCC(N)=O)CC1. The Labute approximate surface area is 85.1 Å². The van der Waals surface area contributed by atoms with Gasteiger partial charge in [-0.15, -0.1) is 0 Å². The molecule has 0 unspecified atom stereocenters. The van der Waals surface area contributed by atoms with Crippen molar-refractivity contribution in [2.24, 2.45) is 11.1 Å². The Morgan fingerprint density at radius 3 is 2.57 bits per heavy atom. The van der Waals surface area contributed by atoms with Gasteiger partial charge in [-0.1, -0.05) is 13.8 Å². The van der Waals surface area contributed by atoms with Crippen molar-refractivity contribution in [3.63, 3.8) is 0 Å². The third-order valence-corrected chi connectivity index (χ3v) is 2.80. The maximum atomic E-state index is 10.4. The maximum Gasteiger partial charge on any atom is 0.245 e. The normalized spacial score (nSPS) is 22.1. The molecule has 1 aliphatic carbocycles. The molecule has 0 saturated heterocycles. The second-order valence-corrected chi connectivity index (χ2v) is 4.81. The monoisotopic (exact) mass is 200 g/mol. The van der Waals surface area contributed by atoms with Crippen LogP contribution in [0.15, 0.2) is 0 Å². The largest absolute Gasteiger partial charge is 0.368 e. The molecule has 0 aromatic carbocycles. The van der Waals surface area contributed by atoms with Crippen LogP contribution >= 0.6 is 0 Å². The zero-order chi connectivity index (χ0) is 10.6. The predicted octanol–water partition coefficient (Wildman–Crippen LogP) is 0.962. The van der Waals surface area contributed by atoms with E-state index in [0.717, 1.165) is 12.8 Å². The second-order valence-electron chi connectivity index (χ2n) is 4.81. The van der Waals surface area contributed by atoms with Gasteiger partial charge in [0.05, 0.1) is 0 Å². The molecule has 0 aromatic rings. The molecule has 0 atom stereocenters. The molecule has 1 saturated carbocycles. The van der Waals surface area contributed by atoms with Crippen molar-refractivity contribution in [3.8, 4) is 0 Å². The van der Waals surface area contributed by atoms with Crippen LogP contribution in [0.3, 0.4) is 0 Å². The molecule has 0 radical (unpaired) electrons. The first-order chi connectivity index (χ1) is 6.49. The summed E-state index contributed by atoms with van der Waals surface area (Å²) in [5, 5.41) is 0. The van der Waals surface area contributed by atoms with Gasteiger partial charge in [0.1, 0.15) is 6.61 Å². The molecule has 4 nitrogen and oxygen atoms in total. The van der Waals surface area contributed by atoms with Gasteiger partial charge in [0.2, 0.25) is 5.91 Å². The number of hydrogen-bond acceptors (Lipinski definition) is 3. The first kappa shape index (κ1) is 11.5. The average Bonchev–Trinajstić information content (AvgIpc) is 2.07. The molecule has 14 heavy (non-hydrogen) atoms. The Kier molecular flexibility index (Phi) is 3.89. The van der Waals surface area contributed by atoms with E-state index in [1.807, 2.05) is 0 Å². The number of nitrogens with two attached hydrogens (primary N) is 1. The van der Waals surface area contributed by atoms with E-state index in [-0.39, 0.29) is 6.61 Å². The average molecular weight is 200 g/mol. The van der Waals surface area contributed by atoms with Gasteiger partial charge in [0.25, 0.3) is 0 Å². The maximum absolute atomic E-state index is 10.4. The van der Waals surface area contributed by atoms with Gasteiger partial charge in [-0.3, -0.25) is 9.63 Å². The van der Waals surface area contributed by atoms with E-state index in [0.29, 0.717) is 11.5 Å². The highest BCUT2D eigenvalue weighted by molar-refractivity contribution is 5.74. The third kappa shape index (κ3) is 4.07. The summed E-state index contributed by atoms with van der Waals surface area (Å²) in [6.45, 7) is 4.53. The molecule has 0 spiro atoms. The number of primary amides is 1. The fourth-order valence-corrected chi connectivity index (χ4v) is 1.75. The highest BCUT2D eigenvalue weighted by Gasteiger charge is 2.26. The van der Waals surface area contributed by atoms with Crippen molar-refractivity contribution in [2.45, 2.75) is 45.6 Å². The van der Waals surface area contributed by atoms with E-state index in [4.69, 9.17) is 10.6 Å². The van der Waals surface area contributed by atoms with E-state index in [1.165, 1.54) is 12.8 Å². The van der Waals surface area contributed by atoms with E-state index in [9.17, 15) is 4.79 Å². The molecular formula is C10H20N2O2. The highest BCUT2D eigenvalue weighted by Crippen LogP contribution is 2.34. The molecule has 3 N–H and O–H groups in total. The standard InChI is InChI=1S/C10H20N2O2/c1-10(2)5-3-8(4-6-10)12-14-7-9(11)13/h8,12H,3-7H2,1-2H3,(H2,11,13). The lowest BCUT2D eigenvalue weighted by atomic mass is 9.76.